The predicted octanol–water partition coefficient (Wildman–Crippen LogP) is 3.84. The summed E-state index contributed by atoms with van der Waals surface area (Å²) in [5.74, 6) is 0.0552. The van der Waals surface area contributed by atoms with Crippen LogP contribution in [0.4, 0.5) is 5.88 Å². The summed E-state index contributed by atoms with van der Waals surface area (Å²) >= 11 is 5.82. The summed E-state index contributed by atoms with van der Waals surface area (Å²) < 4.78 is 10.0. The Kier molecular flexibility index (Phi) is 3.26. The average molecular weight is 289 g/mol. The van der Waals surface area contributed by atoms with E-state index in [1.807, 2.05) is 12.1 Å². The van der Waals surface area contributed by atoms with Crippen LogP contribution in [0.1, 0.15) is 10.6 Å². The molecule has 0 saturated heterocycles. The fourth-order valence-electron chi connectivity index (χ4n) is 1.67. The summed E-state index contributed by atoms with van der Waals surface area (Å²) in [7, 11) is 0. The molecule has 0 aliphatic heterocycles. The summed E-state index contributed by atoms with van der Waals surface area (Å²) in [4.78, 5) is 11.8. The first-order valence-corrected chi connectivity index (χ1v) is 6.18. The highest BCUT2D eigenvalue weighted by atomic mass is 35.5. The molecule has 6 heteroatoms. The van der Waals surface area contributed by atoms with Gasteiger partial charge in [-0.15, -0.1) is 0 Å². The second-order valence-corrected chi connectivity index (χ2v) is 4.45. The molecule has 0 aliphatic carbocycles. The maximum atomic E-state index is 11.8. The number of nitrogens with one attached hydrogen (secondary N) is 1. The normalized spacial score (nSPS) is 10.4. The first-order valence-electron chi connectivity index (χ1n) is 5.80. The quantitative estimate of drug-likeness (QED) is 0.795. The van der Waals surface area contributed by atoms with E-state index in [0.717, 1.165) is 5.56 Å². The van der Waals surface area contributed by atoms with Crippen LogP contribution in [0.3, 0.4) is 0 Å². The fraction of sp³-hybridized carbons (Fsp3) is 0. The number of anilines is 1. The lowest BCUT2D eigenvalue weighted by Crippen LogP contribution is -2.09. The molecular weight excluding hydrogens is 280 g/mol. The number of rotatable bonds is 3. The number of furan rings is 1. The van der Waals surface area contributed by atoms with E-state index >= 15 is 0 Å². The molecule has 2 heterocycles. The zero-order valence-corrected chi connectivity index (χ0v) is 10.9. The van der Waals surface area contributed by atoms with Gasteiger partial charge in [-0.2, -0.15) is 0 Å². The Labute approximate surface area is 119 Å². The van der Waals surface area contributed by atoms with E-state index in [1.54, 1.807) is 30.3 Å². The molecular formula is C14H9ClN2O3. The molecule has 3 aromatic rings. The summed E-state index contributed by atoms with van der Waals surface area (Å²) in [6.45, 7) is 0. The van der Waals surface area contributed by atoms with Gasteiger partial charge >= 0.3 is 0 Å². The van der Waals surface area contributed by atoms with Gasteiger partial charge in [-0.05, 0) is 24.3 Å². The number of amides is 1. The molecule has 0 spiro atoms. The Bertz CT molecular complexity index is 717. The topological polar surface area (TPSA) is 68.3 Å². The molecule has 1 amide bonds. The van der Waals surface area contributed by atoms with E-state index in [9.17, 15) is 4.79 Å². The van der Waals surface area contributed by atoms with Gasteiger partial charge in [0.2, 0.25) is 5.88 Å². The van der Waals surface area contributed by atoms with E-state index < -0.39 is 5.91 Å². The Hall–Kier alpha value is -2.53. The molecule has 0 fully saturated rings. The molecule has 100 valence electrons. The molecule has 0 saturated carbocycles. The van der Waals surface area contributed by atoms with Crippen molar-refractivity contribution in [1.82, 2.24) is 5.16 Å². The van der Waals surface area contributed by atoms with Gasteiger partial charge < -0.3 is 8.94 Å². The third-order valence-corrected chi connectivity index (χ3v) is 2.88. The molecule has 0 atom stereocenters. The number of carbonyl (C=O) groups is 1. The zero-order chi connectivity index (χ0) is 13.9. The van der Waals surface area contributed by atoms with Gasteiger partial charge in [0.25, 0.3) is 5.91 Å². The number of hydrogen-bond donors (Lipinski definition) is 1. The molecule has 1 N–H and O–H groups in total. The SMILES string of the molecule is O=C(Nc1cc(-c2ccc(Cl)cc2)no1)c1ccco1. The van der Waals surface area contributed by atoms with Gasteiger partial charge in [0.05, 0.1) is 6.26 Å². The molecule has 5 nitrogen and oxygen atoms in total. The predicted molar refractivity (Wildman–Crippen MR) is 73.6 cm³/mol. The van der Waals surface area contributed by atoms with E-state index in [0.29, 0.717) is 10.7 Å². The molecule has 0 radical (unpaired) electrons. The number of benzene rings is 1. The van der Waals surface area contributed by atoms with Crippen molar-refractivity contribution >= 4 is 23.4 Å². The lowest BCUT2D eigenvalue weighted by atomic mass is 10.1. The lowest BCUT2D eigenvalue weighted by Gasteiger charge is -1.96. The van der Waals surface area contributed by atoms with Crippen molar-refractivity contribution in [2.75, 3.05) is 5.32 Å². The second kappa shape index (κ2) is 5.22. The zero-order valence-electron chi connectivity index (χ0n) is 10.2. The van der Waals surface area contributed by atoms with Crippen molar-refractivity contribution in [3.8, 4) is 11.3 Å². The van der Waals surface area contributed by atoms with E-state index in [2.05, 4.69) is 10.5 Å². The first kappa shape index (κ1) is 12.5. The highest BCUT2D eigenvalue weighted by Crippen LogP contribution is 2.23. The largest absolute Gasteiger partial charge is 0.459 e. The molecule has 1 aromatic carbocycles. The van der Waals surface area contributed by atoms with Gasteiger partial charge in [-0.3, -0.25) is 10.1 Å². The standard InChI is InChI=1S/C14H9ClN2O3/c15-10-5-3-9(4-6-10)11-8-13(20-17-11)16-14(18)12-2-1-7-19-12/h1-8H,(H,16,18). The van der Waals surface area contributed by atoms with Crippen LogP contribution in [0.25, 0.3) is 11.3 Å². The van der Waals surface area contributed by atoms with Gasteiger partial charge in [0, 0.05) is 16.7 Å². The minimum atomic E-state index is -0.395. The first-order chi connectivity index (χ1) is 9.72. The molecule has 0 aliphatic rings. The molecule has 0 unspecified atom stereocenters. The third-order valence-electron chi connectivity index (χ3n) is 2.63. The Morgan fingerprint density at radius 1 is 1.20 bits per heavy atom. The summed E-state index contributed by atoms with van der Waals surface area (Å²) in [6, 6.07) is 12.0. The minimum Gasteiger partial charge on any atom is -0.459 e. The van der Waals surface area contributed by atoms with E-state index in [1.165, 1.54) is 6.26 Å². The van der Waals surface area contributed by atoms with Gasteiger partial charge in [0.1, 0.15) is 5.69 Å². The van der Waals surface area contributed by atoms with Crippen molar-refractivity contribution in [3.63, 3.8) is 0 Å². The molecule has 2 aromatic heterocycles. The molecule has 0 bridgehead atoms. The second-order valence-electron chi connectivity index (χ2n) is 4.01. The Balaban J connectivity index is 1.77. The average Bonchev–Trinajstić information content (AvgIpc) is 3.10. The van der Waals surface area contributed by atoms with E-state index in [4.69, 9.17) is 20.5 Å². The molecule has 3 rings (SSSR count). The van der Waals surface area contributed by atoms with Crippen LogP contribution in [-0.2, 0) is 0 Å². The smallest absolute Gasteiger partial charge is 0.293 e. The van der Waals surface area contributed by atoms with Crippen molar-refractivity contribution in [1.29, 1.82) is 0 Å². The Morgan fingerprint density at radius 2 is 2.00 bits per heavy atom. The minimum absolute atomic E-state index is 0.203. The highest BCUT2D eigenvalue weighted by Gasteiger charge is 2.13. The lowest BCUT2D eigenvalue weighted by molar-refractivity contribution is 0.0993. The van der Waals surface area contributed by atoms with Crippen LogP contribution in [0, 0.1) is 0 Å². The highest BCUT2D eigenvalue weighted by molar-refractivity contribution is 6.30. The number of nitrogens with zero attached hydrogens (tertiary/aromatic N) is 1. The molecule has 20 heavy (non-hydrogen) atoms. The number of hydrogen-bond acceptors (Lipinski definition) is 4. The van der Waals surface area contributed by atoms with Crippen molar-refractivity contribution in [2.24, 2.45) is 0 Å². The van der Waals surface area contributed by atoms with Crippen LogP contribution >= 0.6 is 11.6 Å². The van der Waals surface area contributed by atoms with Crippen molar-refractivity contribution in [3.05, 3.63) is 59.5 Å². The summed E-state index contributed by atoms with van der Waals surface area (Å²) in [5, 5.41) is 7.09. The Morgan fingerprint density at radius 3 is 2.70 bits per heavy atom. The number of carbonyl (C=O) groups excluding carboxylic acids is 1. The maximum Gasteiger partial charge on any atom is 0.293 e. The third kappa shape index (κ3) is 2.57. The van der Waals surface area contributed by atoms with Crippen molar-refractivity contribution in [2.45, 2.75) is 0 Å². The summed E-state index contributed by atoms with van der Waals surface area (Å²) in [6.07, 6.45) is 1.43. The summed E-state index contributed by atoms with van der Waals surface area (Å²) in [5.41, 5.74) is 1.45. The van der Waals surface area contributed by atoms with E-state index in [-0.39, 0.29) is 11.6 Å². The van der Waals surface area contributed by atoms with Gasteiger partial charge in [-0.1, -0.05) is 28.9 Å². The number of halogens is 1. The number of aromatic nitrogens is 1. The van der Waals surface area contributed by atoms with Crippen LogP contribution in [0.2, 0.25) is 5.02 Å². The van der Waals surface area contributed by atoms with Crippen LogP contribution in [0.15, 0.2) is 57.7 Å². The van der Waals surface area contributed by atoms with Crippen LogP contribution in [-0.4, -0.2) is 11.1 Å². The van der Waals surface area contributed by atoms with Crippen LogP contribution < -0.4 is 5.32 Å². The van der Waals surface area contributed by atoms with Gasteiger partial charge in [-0.25, -0.2) is 0 Å². The van der Waals surface area contributed by atoms with Gasteiger partial charge in [0.15, 0.2) is 5.76 Å². The maximum absolute atomic E-state index is 11.8. The fourth-order valence-corrected chi connectivity index (χ4v) is 1.80. The van der Waals surface area contributed by atoms with Crippen molar-refractivity contribution < 1.29 is 13.7 Å². The monoisotopic (exact) mass is 288 g/mol. The van der Waals surface area contributed by atoms with Crippen LogP contribution in [0.5, 0.6) is 0 Å².